The van der Waals surface area contributed by atoms with Crippen LogP contribution in [0, 0.1) is 13.8 Å². The van der Waals surface area contributed by atoms with Crippen molar-refractivity contribution in [2.45, 2.75) is 65.9 Å². The van der Waals surface area contributed by atoms with Gasteiger partial charge in [-0.1, -0.05) is 56.5 Å². The quantitative estimate of drug-likeness (QED) is 0.679. The van der Waals surface area contributed by atoms with Crippen molar-refractivity contribution in [1.82, 2.24) is 14.9 Å². The number of nitrogens with zero attached hydrogens (tertiary/aromatic N) is 4. The van der Waals surface area contributed by atoms with Crippen LogP contribution < -0.4 is 4.90 Å². The third-order valence-corrected chi connectivity index (χ3v) is 6.05. The lowest BCUT2D eigenvalue weighted by Crippen LogP contribution is -2.49. The number of hydrogen-bond acceptors (Lipinski definition) is 5. The van der Waals surface area contributed by atoms with Gasteiger partial charge in [0.1, 0.15) is 11.6 Å². The van der Waals surface area contributed by atoms with E-state index in [4.69, 9.17) is 9.97 Å². The van der Waals surface area contributed by atoms with Crippen molar-refractivity contribution in [1.29, 1.82) is 0 Å². The predicted octanol–water partition coefficient (Wildman–Crippen LogP) is 3.92. The number of aliphatic hydroxyl groups excluding tert-OH is 1. The maximum Gasteiger partial charge on any atom is 0.136 e. The molecule has 2 aromatic rings. The molecule has 0 saturated carbocycles. The Hall–Kier alpha value is -1.98. The van der Waals surface area contributed by atoms with Crippen molar-refractivity contribution < 1.29 is 5.11 Å². The molecule has 1 saturated heterocycles. The number of anilines is 1. The van der Waals surface area contributed by atoms with Gasteiger partial charge in [-0.2, -0.15) is 0 Å². The summed E-state index contributed by atoms with van der Waals surface area (Å²) in [7, 11) is 0. The SMILES string of the molecule is CCCC[C@@H](O)CN1CCN(c2nc(C)nc(CC)c2Cc2ccc(C)cc2)CC1. The molecule has 0 radical (unpaired) electrons. The molecule has 1 N–H and O–H groups in total. The largest absolute Gasteiger partial charge is 0.392 e. The van der Waals surface area contributed by atoms with E-state index in [9.17, 15) is 5.11 Å². The zero-order valence-electron chi connectivity index (χ0n) is 19.2. The van der Waals surface area contributed by atoms with Crippen LogP contribution in [-0.2, 0) is 12.8 Å². The van der Waals surface area contributed by atoms with Gasteiger partial charge in [0, 0.05) is 50.4 Å². The summed E-state index contributed by atoms with van der Waals surface area (Å²) in [4.78, 5) is 14.5. The van der Waals surface area contributed by atoms with Crippen LogP contribution in [0.1, 0.15) is 61.3 Å². The molecular weight excluding hydrogens is 372 g/mol. The van der Waals surface area contributed by atoms with Crippen LogP contribution >= 0.6 is 0 Å². The van der Waals surface area contributed by atoms with E-state index in [-0.39, 0.29) is 6.10 Å². The molecule has 1 aliphatic rings. The minimum Gasteiger partial charge on any atom is -0.392 e. The Morgan fingerprint density at radius 2 is 1.70 bits per heavy atom. The highest BCUT2D eigenvalue weighted by atomic mass is 16.3. The minimum absolute atomic E-state index is 0.207. The van der Waals surface area contributed by atoms with Crippen LogP contribution in [0.5, 0.6) is 0 Å². The van der Waals surface area contributed by atoms with Gasteiger partial charge in [0.15, 0.2) is 0 Å². The molecule has 1 aromatic heterocycles. The van der Waals surface area contributed by atoms with E-state index in [1.54, 1.807) is 0 Å². The van der Waals surface area contributed by atoms with Crippen LogP contribution in [0.4, 0.5) is 5.82 Å². The lowest BCUT2D eigenvalue weighted by Gasteiger charge is -2.37. The number of unbranched alkanes of at least 4 members (excludes halogenated alkanes) is 1. The molecule has 164 valence electrons. The highest BCUT2D eigenvalue weighted by Crippen LogP contribution is 2.26. The number of aryl methyl sites for hydroxylation is 3. The number of piperazine rings is 1. The fourth-order valence-corrected chi connectivity index (χ4v) is 4.25. The van der Waals surface area contributed by atoms with E-state index in [2.05, 4.69) is 54.8 Å². The first-order valence-corrected chi connectivity index (χ1v) is 11.6. The van der Waals surface area contributed by atoms with Gasteiger partial charge in [-0.15, -0.1) is 0 Å². The van der Waals surface area contributed by atoms with Gasteiger partial charge >= 0.3 is 0 Å². The molecule has 1 aliphatic heterocycles. The monoisotopic (exact) mass is 410 g/mol. The molecule has 5 heteroatoms. The fraction of sp³-hybridized carbons (Fsp3) is 0.600. The van der Waals surface area contributed by atoms with E-state index in [0.29, 0.717) is 0 Å². The van der Waals surface area contributed by atoms with Crippen LogP contribution in [0.3, 0.4) is 0 Å². The molecule has 0 bridgehead atoms. The van der Waals surface area contributed by atoms with Gasteiger partial charge in [-0.25, -0.2) is 9.97 Å². The Bertz CT molecular complexity index is 798. The fourth-order valence-electron chi connectivity index (χ4n) is 4.25. The van der Waals surface area contributed by atoms with Crippen molar-refractivity contribution in [3.8, 4) is 0 Å². The van der Waals surface area contributed by atoms with Crippen molar-refractivity contribution in [3.05, 3.63) is 52.5 Å². The summed E-state index contributed by atoms with van der Waals surface area (Å²) < 4.78 is 0. The Morgan fingerprint density at radius 1 is 1.00 bits per heavy atom. The molecule has 30 heavy (non-hydrogen) atoms. The van der Waals surface area contributed by atoms with Gasteiger partial charge in [0.25, 0.3) is 0 Å². The number of rotatable bonds is 9. The molecule has 0 unspecified atom stereocenters. The maximum absolute atomic E-state index is 10.3. The van der Waals surface area contributed by atoms with Gasteiger partial charge in [-0.3, -0.25) is 4.90 Å². The van der Waals surface area contributed by atoms with Crippen molar-refractivity contribution >= 4 is 5.82 Å². The average Bonchev–Trinajstić information content (AvgIpc) is 2.75. The molecule has 1 aromatic carbocycles. The molecular formula is C25H38N4O. The molecule has 2 heterocycles. The Balaban J connectivity index is 1.74. The lowest BCUT2D eigenvalue weighted by molar-refractivity contribution is 0.100. The smallest absolute Gasteiger partial charge is 0.136 e. The molecule has 0 spiro atoms. The van der Waals surface area contributed by atoms with Crippen molar-refractivity contribution in [2.75, 3.05) is 37.6 Å². The number of β-amino-alcohol motifs (C(OH)–C–C–N with tert-alkyl or cyclic N) is 1. The zero-order valence-corrected chi connectivity index (χ0v) is 19.2. The summed E-state index contributed by atoms with van der Waals surface area (Å²) in [6.07, 6.45) is 4.73. The second kappa shape index (κ2) is 10.9. The second-order valence-corrected chi connectivity index (χ2v) is 8.62. The third kappa shape index (κ3) is 6.02. The summed E-state index contributed by atoms with van der Waals surface area (Å²) in [6.45, 7) is 13.1. The molecule has 0 amide bonds. The minimum atomic E-state index is -0.207. The number of aromatic nitrogens is 2. The standard InChI is InChI=1S/C25H38N4O/c1-5-7-8-22(30)18-28-13-15-29(16-14-28)25-23(24(6-2)26-20(4)27-25)17-21-11-9-19(3)10-12-21/h9-12,22,30H,5-8,13-18H2,1-4H3/t22-/m1/s1. The van der Waals surface area contributed by atoms with Crippen LogP contribution in [-0.4, -0.2) is 58.8 Å². The van der Waals surface area contributed by atoms with E-state index < -0.39 is 0 Å². The average molecular weight is 411 g/mol. The highest BCUT2D eigenvalue weighted by Gasteiger charge is 2.24. The topological polar surface area (TPSA) is 52.5 Å². The highest BCUT2D eigenvalue weighted by molar-refractivity contribution is 5.52. The van der Waals surface area contributed by atoms with E-state index in [0.717, 1.165) is 82.2 Å². The first-order chi connectivity index (χ1) is 14.5. The number of aliphatic hydroxyl groups is 1. The van der Waals surface area contributed by atoms with Crippen LogP contribution in [0.15, 0.2) is 24.3 Å². The maximum atomic E-state index is 10.3. The molecule has 0 aliphatic carbocycles. The first-order valence-electron chi connectivity index (χ1n) is 11.6. The molecule has 1 atom stereocenters. The van der Waals surface area contributed by atoms with E-state index in [1.165, 1.54) is 16.7 Å². The second-order valence-electron chi connectivity index (χ2n) is 8.62. The van der Waals surface area contributed by atoms with Crippen molar-refractivity contribution in [3.63, 3.8) is 0 Å². The molecule has 3 rings (SSSR count). The molecule has 5 nitrogen and oxygen atoms in total. The van der Waals surface area contributed by atoms with Gasteiger partial charge < -0.3 is 10.0 Å². The normalized spacial score (nSPS) is 16.1. The zero-order chi connectivity index (χ0) is 21.5. The summed E-state index contributed by atoms with van der Waals surface area (Å²) in [5, 5.41) is 10.3. The molecule has 1 fully saturated rings. The van der Waals surface area contributed by atoms with Crippen molar-refractivity contribution in [2.24, 2.45) is 0 Å². The number of benzene rings is 1. The van der Waals surface area contributed by atoms with Crippen LogP contribution in [0.25, 0.3) is 0 Å². The third-order valence-electron chi connectivity index (χ3n) is 6.05. The summed E-state index contributed by atoms with van der Waals surface area (Å²) in [5.74, 6) is 1.96. The first kappa shape index (κ1) is 22.7. The summed E-state index contributed by atoms with van der Waals surface area (Å²) >= 11 is 0. The van der Waals surface area contributed by atoms with Gasteiger partial charge in [-0.05, 0) is 32.3 Å². The van der Waals surface area contributed by atoms with Gasteiger partial charge in [0.2, 0.25) is 0 Å². The van der Waals surface area contributed by atoms with E-state index in [1.807, 2.05) is 6.92 Å². The Labute approximate surface area is 182 Å². The predicted molar refractivity (Wildman–Crippen MR) is 124 cm³/mol. The lowest BCUT2D eigenvalue weighted by atomic mass is 10.0. The van der Waals surface area contributed by atoms with Crippen LogP contribution in [0.2, 0.25) is 0 Å². The Morgan fingerprint density at radius 3 is 2.33 bits per heavy atom. The number of hydrogen-bond donors (Lipinski definition) is 1. The summed E-state index contributed by atoms with van der Waals surface area (Å²) in [5.41, 5.74) is 5.02. The summed E-state index contributed by atoms with van der Waals surface area (Å²) in [6, 6.07) is 8.79. The Kier molecular flexibility index (Phi) is 8.23. The van der Waals surface area contributed by atoms with E-state index >= 15 is 0 Å². The van der Waals surface area contributed by atoms with Gasteiger partial charge in [0.05, 0.1) is 6.10 Å².